The van der Waals surface area contributed by atoms with E-state index in [0.29, 0.717) is 25.4 Å². The highest BCUT2D eigenvalue weighted by atomic mass is 16.5. The Morgan fingerprint density at radius 2 is 2.10 bits per heavy atom. The molecule has 0 aliphatic heterocycles. The molecule has 106 valence electrons. The van der Waals surface area contributed by atoms with Gasteiger partial charge in [-0.3, -0.25) is 0 Å². The molecule has 2 aromatic rings. The molecule has 0 saturated carbocycles. The number of carbonyl (C=O) groups is 1. The summed E-state index contributed by atoms with van der Waals surface area (Å²) in [5.74, 6) is -0.453. The van der Waals surface area contributed by atoms with Crippen molar-refractivity contribution in [1.82, 2.24) is 15.0 Å². The normalized spacial score (nSPS) is 10.5. The zero-order chi connectivity index (χ0) is 14.4. The maximum absolute atomic E-state index is 12.0. The average molecular weight is 274 g/mol. The second kappa shape index (κ2) is 6.81. The second-order valence-corrected chi connectivity index (χ2v) is 4.24. The minimum atomic E-state index is -0.453. The van der Waals surface area contributed by atoms with Gasteiger partial charge in [-0.15, -0.1) is 5.10 Å². The molecule has 2 N–H and O–H groups in total. The summed E-state index contributed by atoms with van der Waals surface area (Å²) in [4.78, 5) is 12.0. The zero-order valence-electron chi connectivity index (χ0n) is 11.5. The van der Waals surface area contributed by atoms with Gasteiger partial charge in [0.15, 0.2) is 5.69 Å². The van der Waals surface area contributed by atoms with E-state index in [1.807, 2.05) is 30.3 Å². The predicted molar refractivity (Wildman–Crippen MR) is 75.1 cm³/mol. The van der Waals surface area contributed by atoms with Crippen molar-refractivity contribution in [2.45, 2.75) is 19.9 Å². The molecule has 0 spiro atoms. The van der Waals surface area contributed by atoms with Crippen LogP contribution in [-0.4, -0.2) is 34.1 Å². The number of esters is 1. The number of nitrogens with zero attached hydrogens (tertiary/aromatic N) is 3. The number of nitrogens with two attached hydrogens (primary N) is 1. The van der Waals surface area contributed by atoms with Gasteiger partial charge in [-0.05, 0) is 19.9 Å². The van der Waals surface area contributed by atoms with E-state index in [1.165, 1.54) is 0 Å². The van der Waals surface area contributed by atoms with Crippen LogP contribution in [0.5, 0.6) is 0 Å². The van der Waals surface area contributed by atoms with Crippen molar-refractivity contribution in [3.63, 3.8) is 0 Å². The van der Waals surface area contributed by atoms with Crippen LogP contribution in [0.2, 0.25) is 0 Å². The second-order valence-electron chi connectivity index (χ2n) is 4.24. The van der Waals surface area contributed by atoms with Crippen LogP contribution in [0.15, 0.2) is 30.3 Å². The Kier molecular flexibility index (Phi) is 4.84. The lowest BCUT2D eigenvalue weighted by Crippen LogP contribution is -2.10. The highest BCUT2D eigenvalue weighted by molar-refractivity contribution is 5.94. The van der Waals surface area contributed by atoms with E-state index in [4.69, 9.17) is 10.5 Å². The van der Waals surface area contributed by atoms with Crippen molar-refractivity contribution in [3.05, 3.63) is 36.0 Å². The molecule has 0 bridgehead atoms. The minimum Gasteiger partial charge on any atom is -0.461 e. The number of aryl methyl sites for hydroxylation is 1. The molecular weight excluding hydrogens is 256 g/mol. The Labute approximate surface area is 117 Å². The van der Waals surface area contributed by atoms with E-state index in [-0.39, 0.29) is 5.69 Å². The van der Waals surface area contributed by atoms with Crippen LogP contribution in [-0.2, 0) is 11.3 Å². The first-order valence-corrected chi connectivity index (χ1v) is 6.64. The highest BCUT2D eigenvalue weighted by Crippen LogP contribution is 2.22. The minimum absolute atomic E-state index is 0.245. The number of hydrogen-bond donors (Lipinski definition) is 1. The summed E-state index contributed by atoms with van der Waals surface area (Å²) in [6.07, 6.45) is 0.769. The molecule has 0 radical (unpaired) electrons. The van der Waals surface area contributed by atoms with E-state index in [1.54, 1.807) is 11.6 Å². The Morgan fingerprint density at radius 3 is 2.75 bits per heavy atom. The zero-order valence-corrected chi connectivity index (χ0v) is 11.5. The van der Waals surface area contributed by atoms with Crippen LogP contribution < -0.4 is 5.73 Å². The predicted octanol–water partition coefficient (Wildman–Crippen LogP) is 1.47. The van der Waals surface area contributed by atoms with Crippen molar-refractivity contribution in [3.8, 4) is 11.3 Å². The van der Waals surface area contributed by atoms with Gasteiger partial charge in [0.2, 0.25) is 0 Å². The molecule has 6 heteroatoms. The molecule has 0 aliphatic rings. The smallest absolute Gasteiger partial charge is 0.361 e. The SMILES string of the molecule is CCOC(=O)c1nnn(CCCN)c1-c1ccccc1. The maximum Gasteiger partial charge on any atom is 0.361 e. The van der Waals surface area contributed by atoms with E-state index in [0.717, 1.165) is 12.0 Å². The van der Waals surface area contributed by atoms with Gasteiger partial charge < -0.3 is 10.5 Å². The number of benzene rings is 1. The van der Waals surface area contributed by atoms with Crippen LogP contribution in [0, 0.1) is 0 Å². The fraction of sp³-hybridized carbons (Fsp3) is 0.357. The highest BCUT2D eigenvalue weighted by Gasteiger charge is 2.21. The lowest BCUT2D eigenvalue weighted by molar-refractivity contribution is 0.0520. The fourth-order valence-corrected chi connectivity index (χ4v) is 1.93. The molecule has 1 heterocycles. The monoisotopic (exact) mass is 274 g/mol. The van der Waals surface area contributed by atoms with Crippen LogP contribution in [0.3, 0.4) is 0 Å². The van der Waals surface area contributed by atoms with Crippen LogP contribution in [0.25, 0.3) is 11.3 Å². The van der Waals surface area contributed by atoms with Gasteiger partial charge in [-0.25, -0.2) is 9.48 Å². The Hall–Kier alpha value is -2.21. The summed E-state index contributed by atoms with van der Waals surface area (Å²) in [5, 5.41) is 8.01. The lowest BCUT2D eigenvalue weighted by Gasteiger charge is -2.07. The van der Waals surface area contributed by atoms with Crippen LogP contribution in [0.4, 0.5) is 0 Å². The topological polar surface area (TPSA) is 83.0 Å². The van der Waals surface area contributed by atoms with E-state index in [2.05, 4.69) is 10.3 Å². The molecule has 0 unspecified atom stereocenters. The third kappa shape index (κ3) is 3.03. The molecule has 6 nitrogen and oxygen atoms in total. The number of carbonyl (C=O) groups excluding carboxylic acids is 1. The number of ether oxygens (including phenoxy) is 1. The van der Waals surface area contributed by atoms with Crippen molar-refractivity contribution in [2.75, 3.05) is 13.2 Å². The van der Waals surface area contributed by atoms with Crippen molar-refractivity contribution < 1.29 is 9.53 Å². The van der Waals surface area contributed by atoms with E-state index < -0.39 is 5.97 Å². The Balaban J connectivity index is 2.43. The Bertz CT molecular complexity index is 566. The van der Waals surface area contributed by atoms with Gasteiger partial charge >= 0.3 is 5.97 Å². The first-order valence-electron chi connectivity index (χ1n) is 6.64. The molecular formula is C14H18N4O2. The number of aromatic nitrogens is 3. The summed E-state index contributed by atoms with van der Waals surface area (Å²) in [5.41, 5.74) is 7.34. The molecule has 0 saturated heterocycles. The third-order valence-electron chi connectivity index (χ3n) is 2.83. The molecule has 20 heavy (non-hydrogen) atoms. The third-order valence-corrected chi connectivity index (χ3v) is 2.83. The van der Waals surface area contributed by atoms with Gasteiger partial charge in [0.05, 0.1) is 6.61 Å². The van der Waals surface area contributed by atoms with Gasteiger partial charge in [-0.1, -0.05) is 35.5 Å². The largest absolute Gasteiger partial charge is 0.461 e. The van der Waals surface area contributed by atoms with Crippen molar-refractivity contribution in [1.29, 1.82) is 0 Å². The first-order chi connectivity index (χ1) is 9.77. The lowest BCUT2D eigenvalue weighted by atomic mass is 10.1. The molecule has 1 aromatic heterocycles. The molecule has 0 aliphatic carbocycles. The summed E-state index contributed by atoms with van der Waals surface area (Å²) in [6.45, 7) is 3.25. The molecule has 0 fully saturated rings. The molecule has 2 rings (SSSR count). The molecule has 0 amide bonds. The maximum atomic E-state index is 12.0. The van der Waals surface area contributed by atoms with E-state index in [9.17, 15) is 4.79 Å². The standard InChI is InChI=1S/C14H18N4O2/c1-2-20-14(19)12-13(11-7-4-3-5-8-11)18(17-16-12)10-6-9-15/h3-5,7-8H,2,6,9-10,15H2,1H3. The molecule has 0 atom stereocenters. The molecule has 1 aromatic carbocycles. The average Bonchev–Trinajstić information content (AvgIpc) is 2.90. The van der Waals surface area contributed by atoms with Gasteiger partial charge in [0, 0.05) is 12.1 Å². The Morgan fingerprint density at radius 1 is 1.35 bits per heavy atom. The van der Waals surface area contributed by atoms with Crippen LogP contribution >= 0.6 is 0 Å². The number of rotatable bonds is 6. The summed E-state index contributed by atoms with van der Waals surface area (Å²) >= 11 is 0. The van der Waals surface area contributed by atoms with Crippen molar-refractivity contribution in [2.24, 2.45) is 5.73 Å². The van der Waals surface area contributed by atoms with Gasteiger partial charge in [-0.2, -0.15) is 0 Å². The van der Waals surface area contributed by atoms with Gasteiger partial charge in [0.25, 0.3) is 0 Å². The van der Waals surface area contributed by atoms with E-state index >= 15 is 0 Å². The first kappa shape index (κ1) is 14.2. The van der Waals surface area contributed by atoms with Crippen molar-refractivity contribution >= 4 is 5.97 Å². The summed E-state index contributed by atoms with van der Waals surface area (Å²) in [7, 11) is 0. The van der Waals surface area contributed by atoms with Gasteiger partial charge in [0.1, 0.15) is 5.69 Å². The van der Waals surface area contributed by atoms with Crippen LogP contribution in [0.1, 0.15) is 23.8 Å². The quantitative estimate of drug-likeness (QED) is 0.806. The number of hydrogen-bond acceptors (Lipinski definition) is 5. The summed E-state index contributed by atoms with van der Waals surface area (Å²) < 4.78 is 6.73. The summed E-state index contributed by atoms with van der Waals surface area (Å²) in [6, 6.07) is 9.57. The fourth-order valence-electron chi connectivity index (χ4n) is 1.93.